The molecule has 7 nitrogen and oxygen atoms in total. The van der Waals surface area contributed by atoms with Crippen molar-refractivity contribution < 1.29 is 17.9 Å². The maximum absolute atomic E-state index is 12.5. The van der Waals surface area contributed by atoms with Gasteiger partial charge >= 0.3 is 0 Å². The number of hydrogen-bond acceptors (Lipinski definition) is 5. The molecule has 1 aliphatic heterocycles. The number of ether oxygens (including phenoxy) is 1. The number of sulfonamides is 1. The first-order chi connectivity index (χ1) is 11.9. The summed E-state index contributed by atoms with van der Waals surface area (Å²) in [6.07, 6.45) is 2.18. The number of unbranched alkanes of at least 4 members (excludes halogenated alkanes) is 1. The van der Waals surface area contributed by atoms with Crippen LogP contribution in [-0.2, 0) is 14.8 Å². The van der Waals surface area contributed by atoms with E-state index in [1.165, 1.54) is 12.1 Å². The molecular formula is C16H24ClN3O4S. The summed E-state index contributed by atoms with van der Waals surface area (Å²) >= 11 is 6.09. The van der Waals surface area contributed by atoms with Gasteiger partial charge in [0.15, 0.2) is 6.61 Å². The number of nitrogens with zero attached hydrogens (tertiary/aromatic N) is 1. The molecule has 0 unspecified atom stereocenters. The Morgan fingerprint density at radius 2 is 2.08 bits per heavy atom. The van der Waals surface area contributed by atoms with Crippen molar-refractivity contribution in [3.8, 4) is 5.75 Å². The van der Waals surface area contributed by atoms with Crippen molar-refractivity contribution in [3.05, 3.63) is 17.2 Å². The first kappa shape index (κ1) is 20.0. The fraction of sp³-hybridized carbons (Fsp3) is 0.562. The highest BCUT2D eigenvalue weighted by molar-refractivity contribution is 7.89. The summed E-state index contributed by atoms with van der Waals surface area (Å²) in [5.41, 5.74) is 0.372. The molecule has 1 aromatic carbocycles. The molecule has 0 saturated heterocycles. The standard InChI is InChI=1S/C16H24ClN3O4S/c1-3-5-7-20(4-2)8-6-18-25(22,23)15-10-14-13(9-12(15)17)19-16(21)11-24-14/h9-10,18H,3-8,11H2,1-2H3,(H,19,21). The van der Waals surface area contributed by atoms with E-state index in [0.29, 0.717) is 24.5 Å². The summed E-state index contributed by atoms with van der Waals surface area (Å²) in [4.78, 5) is 13.5. The third kappa shape index (κ3) is 5.31. The Morgan fingerprint density at radius 3 is 2.76 bits per heavy atom. The largest absolute Gasteiger partial charge is 0.482 e. The van der Waals surface area contributed by atoms with Crippen LogP contribution in [0.4, 0.5) is 5.69 Å². The van der Waals surface area contributed by atoms with Crippen LogP contribution in [-0.4, -0.2) is 52.0 Å². The molecule has 0 aliphatic carbocycles. The van der Waals surface area contributed by atoms with Crippen LogP contribution in [0.15, 0.2) is 17.0 Å². The van der Waals surface area contributed by atoms with E-state index in [2.05, 4.69) is 28.8 Å². The van der Waals surface area contributed by atoms with Gasteiger partial charge in [0.05, 0.1) is 10.7 Å². The second kappa shape index (κ2) is 8.84. The highest BCUT2D eigenvalue weighted by Gasteiger charge is 2.24. The molecule has 1 aromatic rings. The molecule has 1 amide bonds. The summed E-state index contributed by atoms with van der Waals surface area (Å²) in [5.74, 6) is -0.00783. The summed E-state index contributed by atoms with van der Waals surface area (Å²) in [7, 11) is -3.76. The third-order valence-electron chi connectivity index (χ3n) is 3.95. The number of amides is 1. The lowest BCUT2D eigenvalue weighted by Crippen LogP contribution is -2.35. The van der Waals surface area contributed by atoms with Gasteiger partial charge in [-0.05, 0) is 25.6 Å². The molecule has 0 spiro atoms. The molecule has 2 N–H and O–H groups in total. The summed E-state index contributed by atoms with van der Waals surface area (Å²) in [6, 6.07) is 2.73. The predicted molar refractivity (Wildman–Crippen MR) is 97.8 cm³/mol. The van der Waals surface area contributed by atoms with Gasteiger partial charge in [0.2, 0.25) is 10.0 Å². The van der Waals surface area contributed by atoms with Crippen molar-refractivity contribution in [2.45, 2.75) is 31.6 Å². The van der Waals surface area contributed by atoms with E-state index in [-0.39, 0.29) is 22.4 Å². The van der Waals surface area contributed by atoms with Crippen molar-refractivity contribution in [2.75, 3.05) is 38.1 Å². The Bertz CT molecular complexity index is 724. The van der Waals surface area contributed by atoms with Gasteiger partial charge in [-0.15, -0.1) is 0 Å². The number of carbonyl (C=O) groups excluding carboxylic acids is 1. The highest BCUT2D eigenvalue weighted by atomic mass is 35.5. The van der Waals surface area contributed by atoms with Gasteiger partial charge in [-0.1, -0.05) is 31.9 Å². The van der Waals surface area contributed by atoms with E-state index in [0.717, 1.165) is 25.9 Å². The Hall–Kier alpha value is -1.35. The number of anilines is 1. The van der Waals surface area contributed by atoms with Gasteiger partial charge in [-0.2, -0.15) is 0 Å². The number of hydrogen-bond donors (Lipinski definition) is 2. The topological polar surface area (TPSA) is 87.7 Å². The minimum atomic E-state index is -3.76. The number of fused-ring (bicyclic) bond motifs is 1. The summed E-state index contributed by atoms with van der Waals surface area (Å²) in [6.45, 7) is 6.77. The minimum Gasteiger partial charge on any atom is -0.482 e. The molecule has 140 valence electrons. The highest BCUT2D eigenvalue weighted by Crippen LogP contribution is 2.35. The smallest absolute Gasteiger partial charge is 0.262 e. The van der Waals surface area contributed by atoms with Crippen LogP contribution in [0, 0.1) is 0 Å². The SMILES string of the molecule is CCCCN(CC)CCNS(=O)(=O)c1cc2c(cc1Cl)NC(=O)CO2. The number of halogens is 1. The Morgan fingerprint density at radius 1 is 1.32 bits per heavy atom. The number of nitrogens with one attached hydrogen (secondary N) is 2. The van der Waals surface area contributed by atoms with Gasteiger partial charge in [0.1, 0.15) is 10.6 Å². The zero-order valence-corrected chi connectivity index (χ0v) is 16.0. The van der Waals surface area contributed by atoms with Crippen molar-refractivity contribution in [1.82, 2.24) is 9.62 Å². The average molecular weight is 390 g/mol. The van der Waals surface area contributed by atoms with Gasteiger partial charge in [0, 0.05) is 19.2 Å². The lowest BCUT2D eigenvalue weighted by molar-refractivity contribution is -0.118. The summed E-state index contributed by atoms with van der Waals surface area (Å²) < 4.78 is 32.9. The average Bonchev–Trinajstić information content (AvgIpc) is 2.56. The number of likely N-dealkylation sites (N-methyl/N-ethyl adjacent to an activating group) is 1. The second-order valence-corrected chi connectivity index (χ2v) is 7.94. The van der Waals surface area contributed by atoms with Crippen molar-refractivity contribution in [1.29, 1.82) is 0 Å². The van der Waals surface area contributed by atoms with Gasteiger partial charge in [0.25, 0.3) is 5.91 Å². The van der Waals surface area contributed by atoms with Crippen LogP contribution in [0.2, 0.25) is 5.02 Å². The van der Waals surface area contributed by atoms with Crippen molar-refractivity contribution >= 4 is 33.2 Å². The molecule has 2 rings (SSSR count). The fourth-order valence-corrected chi connectivity index (χ4v) is 4.07. The molecule has 0 fully saturated rings. The van der Waals surface area contributed by atoms with E-state index in [1.807, 2.05) is 0 Å². The van der Waals surface area contributed by atoms with Crippen LogP contribution < -0.4 is 14.8 Å². The number of carbonyl (C=O) groups is 1. The van der Waals surface area contributed by atoms with E-state index in [9.17, 15) is 13.2 Å². The van der Waals surface area contributed by atoms with Crippen LogP contribution in [0.3, 0.4) is 0 Å². The van der Waals surface area contributed by atoms with Crippen LogP contribution in [0.5, 0.6) is 5.75 Å². The Kier molecular flexibility index (Phi) is 7.06. The van der Waals surface area contributed by atoms with E-state index in [4.69, 9.17) is 16.3 Å². The monoisotopic (exact) mass is 389 g/mol. The normalized spacial score (nSPS) is 14.2. The van der Waals surface area contributed by atoms with Crippen LogP contribution in [0.1, 0.15) is 26.7 Å². The Balaban J connectivity index is 2.05. The van der Waals surface area contributed by atoms with E-state index in [1.54, 1.807) is 0 Å². The number of rotatable bonds is 9. The maximum Gasteiger partial charge on any atom is 0.262 e. The molecule has 1 heterocycles. The van der Waals surface area contributed by atoms with Gasteiger partial charge in [-0.25, -0.2) is 13.1 Å². The molecule has 0 aromatic heterocycles. The van der Waals surface area contributed by atoms with Crippen LogP contribution in [0.25, 0.3) is 0 Å². The zero-order chi connectivity index (χ0) is 18.4. The number of benzene rings is 1. The first-order valence-electron chi connectivity index (χ1n) is 8.35. The van der Waals surface area contributed by atoms with Crippen molar-refractivity contribution in [3.63, 3.8) is 0 Å². The van der Waals surface area contributed by atoms with E-state index >= 15 is 0 Å². The molecule has 0 saturated carbocycles. The molecule has 0 radical (unpaired) electrons. The van der Waals surface area contributed by atoms with Gasteiger partial charge in [-0.3, -0.25) is 4.79 Å². The third-order valence-corrected chi connectivity index (χ3v) is 5.88. The Labute approximate surface area is 153 Å². The fourth-order valence-electron chi connectivity index (χ4n) is 2.51. The molecule has 1 aliphatic rings. The second-order valence-electron chi connectivity index (χ2n) is 5.80. The molecular weight excluding hydrogens is 366 g/mol. The molecule has 9 heteroatoms. The predicted octanol–water partition coefficient (Wildman–Crippen LogP) is 2.07. The minimum absolute atomic E-state index is 0.0374. The first-order valence-corrected chi connectivity index (χ1v) is 10.2. The lowest BCUT2D eigenvalue weighted by atomic mass is 10.2. The van der Waals surface area contributed by atoms with Gasteiger partial charge < -0.3 is 15.0 Å². The summed E-state index contributed by atoms with van der Waals surface area (Å²) in [5, 5.41) is 2.63. The van der Waals surface area contributed by atoms with E-state index < -0.39 is 10.0 Å². The quantitative estimate of drug-likeness (QED) is 0.675. The molecule has 0 atom stereocenters. The maximum atomic E-state index is 12.5. The zero-order valence-electron chi connectivity index (χ0n) is 14.5. The molecule has 25 heavy (non-hydrogen) atoms. The molecule has 0 bridgehead atoms. The van der Waals surface area contributed by atoms with Crippen LogP contribution >= 0.6 is 11.6 Å². The van der Waals surface area contributed by atoms with Crippen molar-refractivity contribution in [2.24, 2.45) is 0 Å². The lowest BCUT2D eigenvalue weighted by Gasteiger charge is -2.21.